The minimum absolute atomic E-state index is 0.0809. The van der Waals surface area contributed by atoms with Crippen LogP contribution in [0.15, 0.2) is 60.3 Å². The molecule has 1 unspecified atom stereocenters. The summed E-state index contributed by atoms with van der Waals surface area (Å²) in [6, 6.07) is 16.8. The fourth-order valence-electron chi connectivity index (χ4n) is 4.20. The smallest absolute Gasteiger partial charge is 0.278 e. The summed E-state index contributed by atoms with van der Waals surface area (Å²) in [5.41, 5.74) is 2.48. The fraction of sp³-hybridized carbons (Fsp3) is 0.333. The fourth-order valence-corrected chi connectivity index (χ4v) is 4.20. The third-order valence-corrected chi connectivity index (χ3v) is 5.80. The SMILES string of the molecule is COc1ccc(C2=C(N3CCCC(CO)C3)C(=O)N(Cc3ccccc3)C2=O)cc1. The summed E-state index contributed by atoms with van der Waals surface area (Å²) in [5.74, 6) is 0.245. The van der Waals surface area contributed by atoms with Crippen molar-refractivity contribution in [2.75, 3.05) is 26.8 Å². The molecule has 30 heavy (non-hydrogen) atoms. The number of hydrogen-bond acceptors (Lipinski definition) is 5. The van der Waals surface area contributed by atoms with E-state index >= 15 is 0 Å². The number of carbonyl (C=O) groups is 2. The van der Waals surface area contributed by atoms with Crippen LogP contribution in [0.4, 0.5) is 0 Å². The number of methoxy groups -OCH3 is 1. The van der Waals surface area contributed by atoms with Crippen molar-refractivity contribution in [3.05, 3.63) is 71.4 Å². The number of amides is 2. The van der Waals surface area contributed by atoms with Crippen LogP contribution in [0, 0.1) is 5.92 Å². The largest absolute Gasteiger partial charge is 0.497 e. The minimum atomic E-state index is -0.282. The first kappa shape index (κ1) is 20.2. The normalized spacial score (nSPS) is 19.6. The Balaban J connectivity index is 1.73. The van der Waals surface area contributed by atoms with Crippen molar-refractivity contribution in [1.82, 2.24) is 9.80 Å². The lowest BCUT2D eigenvalue weighted by Gasteiger charge is -2.34. The van der Waals surface area contributed by atoms with Crippen LogP contribution in [0.2, 0.25) is 0 Å². The Hall–Kier alpha value is -3.12. The summed E-state index contributed by atoms with van der Waals surface area (Å²) in [5, 5.41) is 9.64. The summed E-state index contributed by atoms with van der Waals surface area (Å²) in [4.78, 5) is 30.2. The molecule has 0 spiro atoms. The third-order valence-electron chi connectivity index (χ3n) is 5.80. The predicted molar refractivity (Wildman–Crippen MR) is 113 cm³/mol. The standard InChI is InChI=1S/C24H26N2O4/c1-30-20-11-9-19(10-12-20)21-22(25-13-5-8-18(14-25)16-27)24(29)26(23(21)28)15-17-6-3-2-4-7-17/h2-4,6-7,9-12,18,27H,5,8,13-16H2,1H3. The second-order valence-electron chi connectivity index (χ2n) is 7.77. The van der Waals surface area contributed by atoms with Gasteiger partial charge in [0.25, 0.3) is 11.8 Å². The first-order chi connectivity index (χ1) is 14.6. The Morgan fingerprint density at radius 1 is 1.03 bits per heavy atom. The molecule has 0 aliphatic carbocycles. The molecule has 1 N–H and O–H groups in total. The molecule has 0 saturated carbocycles. The summed E-state index contributed by atoms with van der Waals surface area (Å²) < 4.78 is 5.24. The summed E-state index contributed by atoms with van der Waals surface area (Å²) in [6.45, 7) is 1.59. The average Bonchev–Trinajstić information content (AvgIpc) is 3.04. The second-order valence-corrected chi connectivity index (χ2v) is 7.77. The van der Waals surface area contributed by atoms with Crippen LogP contribution in [0.3, 0.4) is 0 Å². The molecule has 2 aliphatic heterocycles. The number of nitrogens with zero attached hydrogens (tertiary/aromatic N) is 2. The van der Waals surface area contributed by atoms with Gasteiger partial charge in [0.2, 0.25) is 0 Å². The van der Waals surface area contributed by atoms with Crippen LogP contribution in [-0.4, -0.2) is 53.5 Å². The molecule has 2 amide bonds. The van der Waals surface area contributed by atoms with Crippen molar-refractivity contribution >= 4 is 17.4 Å². The van der Waals surface area contributed by atoms with Crippen LogP contribution in [0.25, 0.3) is 5.57 Å². The maximum atomic E-state index is 13.4. The van der Waals surface area contributed by atoms with Gasteiger partial charge in [-0.2, -0.15) is 0 Å². The minimum Gasteiger partial charge on any atom is -0.497 e. The molecule has 2 aromatic rings. The Kier molecular flexibility index (Phi) is 5.86. The van der Waals surface area contributed by atoms with Gasteiger partial charge in [-0.05, 0) is 42.0 Å². The van der Waals surface area contributed by atoms with Crippen molar-refractivity contribution in [1.29, 1.82) is 0 Å². The lowest BCUT2D eigenvalue weighted by molar-refractivity contribution is -0.138. The molecule has 0 aromatic heterocycles. The molecule has 0 radical (unpaired) electrons. The summed E-state index contributed by atoms with van der Waals surface area (Å²) in [6.07, 6.45) is 1.80. The van der Waals surface area contributed by atoms with Gasteiger partial charge in [-0.15, -0.1) is 0 Å². The van der Waals surface area contributed by atoms with Gasteiger partial charge in [0.15, 0.2) is 0 Å². The molecule has 0 bridgehead atoms. The maximum absolute atomic E-state index is 13.4. The van der Waals surface area contributed by atoms with Gasteiger partial charge in [0.05, 0.1) is 19.2 Å². The first-order valence-electron chi connectivity index (χ1n) is 10.3. The Morgan fingerprint density at radius 2 is 1.77 bits per heavy atom. The maximum Gasteiger partial charge on any atom is 0.278 e. The Bertz CT molecular complexity index is 953. The van der Waals surface area contributed by atoms with Crippen molar-refractivity contribution in [2.24, 2.45) is 5.92 Å². The van der Waals surface area contributed by atoms with Gasteiger partial charge in [-0.3, -0.25) is 14.5 Å². The highest BCUT2D eigenvalue weighted by Crippen LogP contribution is 2.35. The highest BCUT2D eigenvalue weighted by Gasteiger charge is 2.42. The van der Waals surface area contributed by atoms with Crippen molar-refractivity contribution in [3.63, 3.8) is 0 Å². The predicted octanol–water partition coefficient (Wildman–Crippen LogP) is 2.68. The Labute approximate surface area is 176 Å². The molecule has 1 saturated heterocycles. The number of imide groups is 1. The number of likely N-dealkylation sites (tertiary alicyclic amines) is 1. The number of aliphatic hydroxyl groups excluding tert-OH is 1. The second kappa shape index (κ2) is 8.71. The highest BCUT2D eigenvalue weighted by molar-refractivity contribution is 6.35. The van der Waals surface area contributed by atoms with Gasteiger partial charge < -0.3 is 14.7 Å². The topological polar surface area (TPSA) is 70.1 Å². The number of rotatable bonds is 6. The Morgan fingerprint density at radius 3 is 2.43 bits per heavy atom. The quantitative estimate of drug-likeness (QED) is 0.747. The lowest BCUT2D eigenvalue weighted by atomic mass is 9.97. The van der Waals surface area contributed by atoms with E-state index in [1.807, 2.05) is 47.4 Å². The first-order valence-corrected chi connectivity index (χ1v) is 10.3. The van der Waals surface area contributed by atoms with E-state index in [1.165, 1.54) is 4.90 Å². The number of benzene rings is 2. The zero-order chi connectivity index (χ0) is 21.1. The molecule has 156 valence electrons. The van der Waals surface area contributed by atoms with Crippen LogP contribution >= 0.6 is 0 Å². The summed E-state index contributed by atoms with van der Waals surface area (Å²) >= 11 is 0. The monoisotopic (exact) mass is 406 g/mol. The number of aliphatic hydroxyl groups is 1. The van der Waals surface area contributed by atoms with E-state index in [0.717, 1.165) is 18.4 Å². The molecule has 1 fully saturated rings. The number of ether oxygens (including phenoxy) is 1. The van der Waals surface area contributed by atoms with Crippen LogP contribution in [0.1, 0.15) is 24.0 Å². The third kappa shape index (κ3) is 3.83. The molecule has 2 heterocycles. The summed E-state index contributed by atoms with van der Waals surface area (Å²) in [7, 11) is 1.59. The van der Waals surface area contributed by atoms with E-state index in [1.54, 1.807) is 19.2 Å². The van der Waals surface area contributed by atoms with Crippen molar-refractivity contribution in [3.8, 4) is 5.75 Å². The number of hydrogen-bond donors (Lipinski definition) is 1. The molecule has 2 aliphatic rings. The van der Waals surface area contributed by atoms with E-state index in [2.05, 4.69) is 0 Å². The van der Waals surface area contributed by atoms with E-state index in [4.69, 9.17) is 4.74 Å². The molecular weight excluding hydrogens is 380 g/mol. The molecule has 6 heteroatoms. The zero-order valence-corrected chi connectivity index (χ0v) is 17.1. The van der Waals surface area contributed by atoms with E-state index in [-0.39, 0.29) is 30.9 Å². The van der Waals surface area contributed by atoms with Crippen molar-refractivity contribution < 1.29 is 19.4 Å². The van der Waals surface area contributed by atoms with E-state index in [9.17, 15) is 14.7 Å². The zero-order valence-electron chi connectivity index (χ0n) is 17.1. The lowest BCUT2D eigenvalue weighted by Crippen LogP contribution is -2.40. The van der Waals surface area contributed by atoms with Crippen LogP contribution < -0.4 is 4.74 Å². The average molecular weight is 406 g/mol. The molecular formula is C24H26N2O4. The molecule has 6 nitrogen and oxygen atoms in total. The van der Waals surface area contributed by atoms with Crippen LogP contribution in [-0.2, 0) is 16.1 Å². The molecule has 2 aromatic carbocycles. The number of carbonyl (C=O) groups excluding carboxylic acids is 2. The van der Waals surface area contributed by atoms with E-state index < -0.39 is 0 Å². The van der Waals surface area contributed by atoms with Crippen LogP contribution in [0.5, 0.6) is 5.75 Å². The highest BCUT2D eigenvalue weighted by atomic mass is 16.5. The van der Waals surface area contributed by atoms with Gasteiger partial charge in [0.1, 0.15) is 11.4 Å². The molecule has 1 atom stereocenters. The van der Waals surface area contributed by atoms with Gasteiger partial charge >= 0.3 is 0 Å². The molecule has 4 rings (SSSR count). The van der Waals surface area contributed by atoms with Crippen molar-refractivity contribution in [2.45, 2.75) is 19.4 Å². The van der Waals surface area contributed by atoms with Gasteiger partial charge in [0, 0.05) is 19.7 Å². The van der Waals surface area contributed by atoms with Gasteiger partial charge in [-0.25, -0.2) is 0 Å². The van der Waals surface area contributed by atoms with Gasteiger partial charge in [-0.1, -0.05) is 42.5 Å². The number of piperidine rings is 1. The van der Waals surface area contributed by atoms with E-state index in [0.29, 0.717) is 35.7 Å².